The number of benzene rings is 3. The Hall–Kier alpha value is -2.53. The van der Waals surface area contributed by atoms with E-state index in [9.17, 15) is 9.59 Å². The van der Waals surface area contributed by atoms with Crippen molar-refractivity contribution in [2.75, 3.05) is 6.54 Å². The molecule has 0 bridgehead atoms. The van der Waals surface area contributed by atoms with Gasteiger partial charge in [-0.15, -0.1) is 0 Å². The molecule has 3 aromatic rings. The molecule has 0 spiro atoms. The van der Waals surface area contributed by atoms with Crippen LogP contribution in [-0.2, 0) is 29.0 Å². The van der Waals surface area contributed by atoms with Gasteiger partial charge in [0.2, 0.25) is 11.8 Å². The zero-order chi connectivity index (χ0) is 25.2. The van der Waals surface area contributed by atoms with Gasteiger partial charge in [0.05, 0.1) is 16.5 Å². The largest absolute Gasteiger partial charge is 0.354 e. The van der Waals surface area contributed by atoms with Gasteiger partial charge in [-0.25, -0.2) is 0 Å². The van der Waals surface area contributed by atoms with Crippen LogP contribution in [0.3, 0.4) is 0 Å². The van der Waals surface area contributed by atoms with Gasteiger partial charge in [0.1, 0.15) is 6.04 Å². The maximum atomic E-state index is 13.7. The Balaban J connectivity index is 1.96. The minimum absolute atomic E-state index is 0.0782. The fourth-order valence-electron chi connectivity index (χ4n) is 3.80. The highest BCUT2D eigenvalue weighted by molar-refractivity contribution is 6.42. The molecule has 7 heteroatoms. The second kappa shape index (κ2) is 13.5. The van der Waals surface area contributed by atoms with Crippen LogP contribution in [0.25, 0.3) is 0 Å². The Labute approximate surface area is 222 Å². The highest BCUT2D eigenvalue weighted by Gasteiger charge is 2.30. The standard InChI is InChI=1S/C28H29Cl3N2O2/c1-2-3-15-32-28(35)26(17-20-9-5-4-6-10-20)33(19-22-11-7-8-12-23(22)29)27(34)18-21-13-14-24(30)25(31)16-21/h4-14,16,26H,2-3,15,17-19H2,1H3,(H,32,35). The summed E-state index contributed by atoms with van der Waals surface area (Å²) in [7, 11) is 0. The molecule has 0 aliphatic heterocycles. The maximum absolute atomic E-state index is 13.7. The van der Waals surface area contributed by atoms with Crippen molar-refractivity contribution in [1.82, 2.24) is 10.2 Å². The lowest BCUT2D eigenvalue weighted by molar-refractivity contribution is -0.140. The van der Waals surface area contributed by atoms with E-state index in [1.807, 2.05) is 48.5 Å². The van der Waals surface area contributed by atoms with E-state index in [1.165, 1.54) is 0 Å². The summed E-state index contributed by atoms with van der Waals surface area (Å²) in [5.74, 6) is -0.383. The highest BCUT2D eigenvalue weighted by atomic mass is 35.5. The predicted octanol–water partition coefficient (Wildman–Crippen LogP) is 6.75. The van der Waals surface area contributed by atoms with Crippen molar-refractivity contribution in [3.05, 3.63) is 105 Å². The molecule has 1 N–H and O–H groups in total. The number of rotatable bonds is 11. The molecule has 0 saturated heterocycles. The number of carbonyl (C=O) groups is 2. The summed E-state index contributed by atoms with van der Waals surface area (Å²) >= 11 is 18.7. The fraction of sp³-hybridized carbons (Fsp3) is 0.286. The average molecular weight is 532 g/mol. The third-order valence-corrected chi connectivity index (χ3v) is 6.85. The molecule has 35 heavy (non-hydrogen) atoms. The van der Waals surface area contributed by atoms with Crippen LogP contribution < -0.4 is 5.32 Å². The lowest BCUT2D eigenvalue weighted by Crippen LogP contribution is -2.51. The van der Waals surface area contributed by atoms with Crippen LogP contribution in [0.1, 0.15) is 36.5 Å². The van der Waals surface area contributed by atoms with E-state index < -0.39 is 6.04 Å². The van der Waals surface area contributed by atoms with E-state index in [4.69, 9.17) is 34.8 Å². The number of hydrogen-bond acceptors (Lipinski definition) is 2. The summed E-state index contributed by atoms with van der Waals surface area (Å²) in [6, 6.07) is 21.5. The number of hydrogen-bond donors (Lipinski definition) is 1. The minimum Gasteiger partial charge on any atom is -0.354 e. The summed E-state index contributed by atoms with van der Waals surface area (Å²) in [5, 5.41) is 4.37. The second-order valence-electron chi connectivity index (χ2n) is 8.39. The summed E-state index contributed by atoms with van der Waals surface area (Å²) in [5.41, 5.74) is 2.46. The van der Waals surface area contributed by atoms with Gasteiger partial charge < -0.3 is 10.2 Å². The van der Waals surface area contributed by atoms with Crippen LogP contribution in [-0.4, -0.2) is 29.3 Å². The van der Waals surface area contributed by atoms with Gasteiger partial charge in [0, 0.05) is 24.5 Å². The number of unbranched alkanes of at least 4 members (excludes halogenated alkanes) is 1. The normalized spacial score (nSPS) is 11.7. The number of amides is 2. The van der Waals surface area contributed by atoms with Crippen molar-refractivity contribution < 1.29 is 9.59 Å². The molecule has 0 aliphatic rings. The Morgan fingerprint density at radius 3 is 2.26 bits per heavy atom. The Morgan fingerprint density at radius 1 is 0.857 bits per heavy atom. The number of carbonyl (C=O) groups excluding carboxylic acids is 2. The van der Waals surface area contributed by atoms with Gasteiger partial charge in [0.15, 0.2) is 0 Å². The molecule has 0 aliphatic carbocycles. The molecule has 0 radical (unpaired) electrons. The Bertz CT molecular complexity index is 1140. The molecule has 0 fully saturated rings. The zero-order valence-electron chi connectivity index (χ0n) is 19.6. The number of nitrogens with one attached hydrogen (secondary N) is 1. The molecular weight excluding hydrogens is 503 g/mol. The predicted molar refractivity (Wildman–Crippen MR) is 144 cm³/mol. The van der Waals surface area contributed by atoms with E-state index in [2.05, 4.69) is 12.2 Å². The molecule has 3 aromatic carbocycles. The minimum atomic E-state index is -0.708. The molecule has 184 valence electrons. The first-order valence-corrected chi connectivity index (χ1v) is 12.8. The van der Waals surface area contributed by atoms with Crippen molar-refractivity contribution in [2.24, 2.45) is 0 Å². The van der Waals surface area contributed by atoms with Crippen LogP contribution >= 0.6 is 34.8 Å². The fourth-order valence-corrected chi connectivity index (χ4v) is 4.31. The summed E-state index contributed by atoms with van der Waals surface area (Å²) < 4.78 is 0. The third-order valence-electron chi connectivity index (χ3n) is 5.74. The van der Waals surface area contributed by atoms with Gasteiger partial charge in [-0.05, 0) is 41.3 Å². The summed E-state index contributed by atoms with van der Waals surface area (Å²) in [4.78, 5) is 28.8. The molecule has 2 amide bonds. The molecule has 0 aromatic heterocycles. The van der Waals surface area contributed by atoms with E-state index >= 15 is 0 Å². The molecular formula is C28H29Cl3N2O2. The average Bonchev–Trinajstić information content (AvgIpc) is 2.85. The second-order valence-corrected chi connectivity index (χ2v) is 9.61. The Kier molecular flexibility index (Phi) is 10.5. The van der Waals surface area contributed by atoms with Crippen molar-refractivity contribution in [2.45, 2.75) is 45.2 Å². The van der Waals surface area contributed by atoms with Crippen LogP contribution in [0.5, 0.6) is 0 Å². The molecule has 1 unspecified atom stereocenters. The van der Waals surface area contributed by atoms with Gasteiger partial charge in [0.25, 0.3) is 0 Å². The summed E-state index contributed by atoms with van der Waals surface area (Å²) in [6.45, 7) is 2.83. The van der Waals surface area contributed by atoms with Crippen molar-refractivity contribution in [3.63, 3.8) is 0 Å². The molecule has 1 atom stereocenters. The first-order chi connectivity index (χ1) is 16.9. The first-order valence-electron chi connectivity index (χ1n) is 11.7. The molecule has 0 saturated carbocycles. The van der Waals surface area contributed by atoms with Gasteiger partial charge in [-0.2, -0.15) is 0 Å². The van der Waals surface area contributed by atoms with Crippen LogP contribution in [0.2, 0.25) is 15.1 Å². The number of nitrogens with zero attached hydrogens (tertiary/aromatic N) is 1. The lowest BCUT2D eigenvalue weighted by Gasteiger charge is -2.32. The zero-order valence-corrected chi connectivity index (χ0v) is 21.9. The smallest absolute Gasteiger partial charge is 0.243 e. The quantitative estimate of drug-likeness (QED) is 0.278. The highest BCUT2D eigenvalue weighted by Crippen LogP contribution is 2.25. The third kappa shape index (κ3) is 7.99. The maximum Gasteiger partial charge on any atom is 0.243 e. The molecule has 0 heterocycles. The lowest BCUT2D eigenvalue weighted by atomic mass is 10.0. The van der Waals surface area contributed by atoms with Crippen LogP contribution in [0.4, 0.5) is 0 Å². The summed E-state index contributed by atoms with van der Waals surface area (Å²) in [6.07, 6.45) is 2.29. The monoisotopic (exact) mass is 530 g/mol. The topological polar surface area (TPSA) is 49.4 Å². The van der Waals surface area contributed by atoms with E-state index in [0.717, 1.165) is 29.5 Å². The van der Waals surface area contributed by atoms with Crippen LogP contribution in [0.15, 0.2) is 72.8 Å². The van der Waals surface area contributed by atoms with Gasteiger partial charge >= 0.3 is 0 Å². The van der Waals surface area contributed by atoms with Crippen LogP contribution in [0, 0.1) is 0 Å². The van der Waals surface area contributed by atoms with E-state index in [0.29, 0.717) is 28.0 Å². The Morgan fingerprint density at radius 2 is 1.57 bits per heavy atom. The first kappa shape index (κ1) is 27.1. The van der Waals surface area contributed by atoms with E-state index in [-0.39, 0.29) is 24.8 Å². The van der Waals surface area contributed by atoms with E-state index in [1.54, 1.807) is 29.2 Å². The SMILES string of the molecule is CCCCNC(=O)C(Cc1ccccc1)N(Cc1ccccc1Cl)C(=O)Cc1ccc(Cl)c(Cl)c1. The van der Waals surface area contributed by atoms with Crippen molar-refractivity contribution in [3.8, 4) is 0 Å². The van der Waals surface area contributed by atoms with Gasteiger partial charge in [-0.1, -0.05) is 103 Å². The molecule has 4 nitrogen and oxygen atoms in total. The van der Waals surface area contributed by atoms with Crippen molar-refractivity contribution >= 4 is 46.6 Å². The van der Waals surface area contributed by atoms with Crippen molar-refractivity contribution in [1.29, 1.82) is 0 Å². The number of halogens is 3. The molecule has 3 rings (SSSR count). The van der Waals surface area contributed by atoms with Gasteiger partial charge in [-0.3, -0.25) is 9.59 Å².